The minimum Gasteiger partial charge on any atom is -0.457 e. The highest BCUT2D eigenvalue weighted by Gasteiger charge is 2.11. The van der Waals surface area contributed by atoms with Gasteiger partial charge in [-0.15, -0.1) is 0 Å². The predicted octanol–water partition coefficient (Wildman–Crippen LogP) is 5.62. The van der Waals surface area contributed by atoms with Crippen LogP contribution < -0.4 is 15.4 Å². The Labute approximate surface area is 209 Å². The molecule has 0 aliphatic carbocycles. The Morgan fingerprint density at radius 1 is 1.09 bits per heavy atom. The number of hydrogen-bond acceptors (Lipinski definition) is 6. The number of aromatic amines is 1. The maximum atomic E-state index is 11.8. The molecular weight excluding hydrogens is 440 g/mol. The Kier molecular flexibility index (Phi) is 6.90. The molecule has 0 saturated carbocycles. The first-order chi connectivity index (χ1) is 17.2. The smallest absolute Gasteiger partial charge is 0.269 e. The van der Waals surface area contributed by atoms with Crippen molar-refractivity contribution < 1.29 is 13.8 Å². The molecule has 186 valence electrons. The van der Waals surface area contributed by atoms with Gasteiger partial charge in [0.1, 0.15) is 17.2 Å². The van der Waals surface area contributed by atoms with E-state index in [0.717, 1.165) is 29.7 Å². The Hall–Kier alpha value is -3.91. The van der Waals surface area contributed by atoms with Crippen molar-refractivity contribution in [2.45, 2.75) is 25.7 Å². The van der Waals surface area contributed by atoms with Gasteiger partial charge < -0.3 is 25.3 Å². The fraction of sp³-hybridized carbons (Fsp3) is 0.296. The van der Waals surface area contributed by atoms with Gasteiger partial charge in [0, 0.05) is 41.9 Å². The number of anilines is 2. The van der Waals surface area contributed by atoms with Crippen molar-refractivity contribution in [3.8, 4) is 11.5 Å². The van der Waals surface area contributed by atoms with Crippen LogP contribution in [0.3, 0.4) is 0 Å². The van der Waals surface area contributed by atoms with Crippen molar-refractivity contribution in [1.29, 1.82) is 0 Å². The lowest BCUT2D eigenvalue weighted by Gasteiger charge is -2.26. The molecular formula is C27H36N6O2. The SMILES string of the molecule is CNC(=O)c1cc(Oc2ccc3nc(Nc4cccc(CCN5CCCCC5)c4)[nH]c3c2)ccn1.[HH].[HH].[HH]. The van der Waals surface area contributed by atoms with Gasteiger partial charge in [0.05, 0.1) is 11.0 Å². The number of fused-ring (bicyclic) bond motifs is 1. The van der Waals surface area contributed by atoms with Crippen LogP contribution in [0.15, 0.2) is 60.8 Å². The van der Waals surface area contributed by atoms with Crippen molar-refractivity contribution >= 4 is 28.6 Å². The molecule has 4 aromatic rings. The number of imidazole rings is 1. The maximum Gasteiger partial charge on any atom is 0.269 e. The third kappa shape index (κ3) is 5.78. The standard InChI is InChI=1S/C27H30N6O2.3H2/c1-28-26(34)25-18-22(10-12-29-25)35-21-8-9-23-24(17-21)32-27(31-23)30-20-7-5-6-19(16-20)11-15-33-13-3-2-4-14-33;;;/h5-10,12,16-18H,2-4,11,13-15H2,1H3,(H,28,34)(H2,30,31,32);3*1H. The molecule has 8 heteroatoms. The lowest BCUT2D eigenvalue weighted by atomic mass is 10.1. The van der Waals surface area contributed by atoms with Gasteiger partial charge in [0.25, 0.3) is 5.91 Å². The van der Waals surface area contributed by atoms with Gasteiger partial charge >= 0.3 is 0 Å². The van der Waals surface area contributed by atoms with Crippen LogP contribution in [-0.4, -0.2) is 52.4 Å². The molecule has 2 aromatic heterocycles. The summed E-state index contributed by atoms with van der Waals surface area (Å²) in [7, 11) is 1.57. The molecule has 3 heterocycles. The van der Waals surface area contributed by atoms with Crippen molar-refractivity contribution in [2.24, 2.45) is 0 Å². The summed E-state index contributed by atoms with van der Waals surface area (Å²) in [6.07, 6.45) is 6.60. The zero-order valence-electron chi connectivity index (χ0n) is 19.9. The summed E-state index contributed by atoms with van der Waals surface area (Å²) in [6, 6.07) is 17.5. The van der Waals surface area contributed by atoms with Crippen LogP contribution >= 0.6 is 0 Å². The molecule has 0 spiro atoms. The summed E-state index contributed by atoms with van der Waals surface area (Å²) in [5.74, 6) is 1.60. The predicted molar refractivity (Wildman–Crippen MR) is 144 cm³/mol. The quantitative estimate of drug-likeness (QED) is 0.305. The van der Waals surface area contributed by atoms with Crippen molar-refractivity contribution in [1.82, 2.24) is 25.2 Å². The first kappa shape index (κ1) is 22.9. The summed E-state index contributed by atoms with van der Waals surface area (Å²) < 4.78 is 5.95. The molecule has 1 saturated heterocycles. The molecule has 1 aliphatic rings. The summed E-state index contributed by atoms with van der Waals surface area (Å²) >= 11 is 0. The highest BCUT2D eigenvalue weighted by atomic mass is 16.5. The number of H-pyrrole nitrogens is 1. The van der Waals surface area contributed by atoms with E-state index in [1.165, 1.54) is 37.9 Å². The molecule has 0 atom stereocenters. The van der Waals surface area contributed by atoms with Gasteiger partial charge in [-0.2, -0.15) is 0 Å². The second-order valence-electron chi connectivity index (χ2n) is 8.80. The molecule has 1 amide bonds. The number of benzene rings is 2. The summed E-state index contributed by atoms with van der Waals surface area (Å²) in [5.41, 5.74) is 4.32. The lowest BCUT2D eigenvalue weighted by molar-refractivity contribution is 0.0958. The van der Waals surface area contributed by atoms with E-state index in [9.17, 15) is 4.79 Å². The van der Waals surface area contributed by atoms with Crippen molar-refractivity contribution in [2.75, 3.05) is 32.0 Å². The van der Waals surface area contributed by atoms with Crippen molar-refractivity contribution in [3.63, 3.8) is 0 Å². The Morgan fingerprint density at radius 2 is 1.94 bits per heavy atom. The average molecular weight is 477 g/mol. The minimum absolute atomic E-state index is 0. The van der Waals surface area contributed by atoms with Gasteiger partial charge in [-0.1, -0.05) is 18.6 Å². The molecule has 1 fully saturated rings. The highest BCUT2D eigenvalue weighted by molar-refractivity contribution is 5.92. The number of aromatic nitrogens is 3. The van der Waals surface area contributed by atoms with Crippen LogP contribution in [-0.2, 0) is 6.42 Å². The Balaban J connectivity index is 0.00000169. The largest absolute Gasteiger partial charge is 0.457 e. The van der Waals surface area contributed by atoms with E-state index in [2.05, 4.69) is 54.8 Å². The summed E-state index contributed by atoms with van der Waals surface area (Å²) in [6.45, 7) is 3.55. The number of likely N-dealkylation sites (tertiary alicyclic amines) is 1. The van der Waals surface area contributed by atoms with Gasteiger partial charge in [-0.3, -0.25) is 9.78 Å². The molecule has 8 nitrogen and oxygen atoms in total. The number of nitrogens with one attached hydrogen (secondary N) is 3. The van der Waals surface area contributed by atoms with Gasteiger partial charge in [0.15, 0.2) is 0 Å². The second-order valence-corrected chi connectivity index (χ2v) is 8.80. The monoisotopic (exact) mass is 476 g/mol. The Bertz CT molecular complexity index is 1330. The fourth-order valence-corrected chi connectivity index (χ4v) is 4.39. The van der Waals surface area contributed by atoms with Gasteiger partial charge in [-0.25, -0.2) is 4.98 Å². The van der Waals surface area contributed by atoms with E-state index >= 15 is 0 Å². The number of piperidine rings is 1. The molecule has 0 bridgehead atoms. The first-order valence-electron chi connectivity index (χ1n) is 12.1. The van der Waals surface area contributed by atoms with Crippen LogP contribution in [0.5, 0.6) is 11.5 Å². The van der Waals surface area contributed by atoms with E-state index in [1.807, 2.05) is 18.2 Å². The second kappa shape index (κ2) is 10.6. The normalized spacial score (nSPS) is 14.1. The van der Waals surface area contributed by atoms with Crippen LogP contribution in [0.4, 0.5) is 11.6 Å². The van der Waals surface area contributed by atoms with Crippen LogP contribution in [0.25, 0.3) is 11.0 Å². The average Bonchev–Trinajstić information content (AvgIpc) is 3.29. The highest BCUT2D eigenvalue weighted by Crippen LogP contribution is 2.27. The summed E-state index contributed by atoms with van der Waals surface area (Å²) in [4.78, 5) is 26.4. The molecule has 2 aromatic carbocycles. The minimum atomic E-state index is -0.259. The molecule has 3 N–H and O–H groups in total. The molecule has 35 heavy (non-hydrogen) atoms. The number of nitrogens with zero attached hydrogens (tertiary/aromatic N) is 3. The number of carbonyl (C=O) groups is 1. The van der Waals surface area contributed by atoms with E-state index in [1.54, 1.807) is 25.4 Å². The van der Waals surface area contributed by atoms with Gasteiger partial charge in [0.2, 0.25) is 5.95 Å². The molecule has 5 rings (SSSR count). The van der Waals surface area contributed by atoms with Crippen LogP contribution in [0, 0.1) is 0 Å². The third-order valence-electron chi connectivity index (χ3n) is 6.24. The third-order valence-corrected chi connectivity index (χ3v) is 6.24. The zero-order chi connectivity index (χ0) is 24.0. The van der Waals surface area contributed by atoms with E-state index in [0.29, 0.717) is 23.1 Å². The molecule has 0 radical (unpaired) electrons. The van der Waals surface area contributed by atoms with Crippen LogP contribution in [0.1, 0.15) is 39.6 Å². The maximum absolute atomic E-state index is 11.8. The summed E-state index contributed by atoms with van der Waals surface area (Å²) in [5, 5.41) is 5.96. The van der Waals surface area contributed by atoms with E-state index in [4.69, 9.17) is 4.74 Å². The number of ether oxygens (including phenoxy) is 1. The number of hydrogen-bond donors (Lipinski definition) is 3. The van der Waals surface area contributed by atoms with Crippen LogP contribution in [0.2, 0.25) is 0 Å². The van der Waals surface area contributed by atoms with Gasteiger partial charge in [-0.05, 0) is 68.2 Å². The van der Waals surface area contributed by atoms with Crippen molar-refractivity contribution in [3.05, 3.63) is 72.1 Å². The molecule has 0 unspecified atom stereocenters. The van der Waals surface area contributed by atoms with E-state index in [-0.39, 0.29) is 10.2 Å². The Morgan fingerprint density at radius 3 is 2.80 bits per heavy atom. The first-order valence-corrected chi connectivity index (χ1v) is 12.1. The van der Waals surface area contributed by atoms with E-state index < -0.39 is 0 Å². The molecule has 1 aliphatic heterocycles. The fourth-order valence-electron chi connectivity index (χ4n) is 4.39. The number of rotatable bonds is 8. The number of carbonyl (C=O) groups excluding carboxylic acids is 1. The number of pyridine rings is 1. The number of amides is 1. The lowest BCUT2D eigenvalue weighted by Crippen LogP contribution is -2.31. The zero-order valence-corrected chi connectivity index (χ0v) is 19.9. The topological polar surface area (TPSA) is 95.2 Å².